The average molecular weight is 281 g/mol. The first-order chi connectivity index (χ1) is 9.24. The lowest BCUT2D eigenvalue weighted by Gasteiger charge is -2.34. The van der Waals surface area contributed by atoms with Crippen LogP contribution in [0, 0.1) is 5.92 Å². The van der Waals surface area contributed by atoms with Gasteiger partial charge in [-0.1, -0.05) is 33.1 Å². The summed E-state index contributed by atoms with van der Waals surface area (Å²) in [6, 6.07) is 1.04. The summed E-state index contributed by atoms with van der Waals surface area (Å²) in [6.45, 7) is 4.52. The monoisotopic (exact) mass is 281 g/mol. The first-order valence-electron chi connectivity index (χ1n) is 7.65. The predicted octanol–water partition coefficient (Wildman–Crippen LogP) is 3.48. The summed E-state index contributed by atoms with van der Waals surface area (Å²) >= 11 is 1.67. The Kier molecular flexibility index (Phi) is 5.79. The van der Waals surface area contributed by atoms with Gasteiger partial charge in [-0.2, -0.15) is 0 Å². The van der Waals surface area contributed by atoms with E-state index in [1.807, 2.05) is 11.6 Å². The molecule has 1 heterocycles. The molecule has 0 aromatic carbocycles. The molecule has 4 heteroatoms. The Morgan fingerprint density at radius 1 is 1.47 bits per heavy atom. The minimum Gasteiger partial charge on any atom is -0.321 e. The van der Waals surface area contributed by atoms with Crippen molar-refractivity contribution in [2.75, 3.05) is 0 Å². The molecule has 19 heavy (non-hydrogen) atoms. The van der Waals surface area contributed by atoms with E-state index < -0.39 is 0 Å². The fourth-order valence-electron chi connectivity index (χ4n) is 3.16. The van der Waals surface area contributed by atoms with Gasteiger partial charge >= 0.3 is 0 Å². The van der Waals surface area contributed by atoms with E-state index in [4.69, 9.17) is 5.73 Å². The highest BCUT2D eigenvalue weighted by Gasteiger charge is 2.26. The Balaban J connectivity index is 1.91. The summed E-state index contributed by atoms with van der Waals surface area (Å²) in [7, 11) is 0. The summed E-state index contributed by atoms with van der Waals surface area (Å²) in [5, 5.41) is 6.87. The van der Waals surface area contributed by atoms with Crippen molar-refractivity contribution in [1.82, 2.24) is 10.3 Å². The lowest BCUT2D eigenvalue weighted by atomic mass is 9.83. The van der Waals surface area contributed by atoms with Crippen molar-refractivity contribution in [3.05, 3.63) is 16.6 Å². The Labute approximate surface area is 121 Å². The summed E-state index contributed by atoms with van der Waals surface area (Å²) in [5.41, 5.74) is 6.36. The molecule has 3 nitrogen and oxygen atoms in total. The molecule has 1 aliphatic rings. The maximum atomic E-state index is 6.36. The zero-order valence-corrected chi connectivity index (χ0v) is 13.0. The van der Waals surface area contributed by atoms with Gasteiger partial charge in [0.1, 0.15) is 5.01 Å². The van der Waals surface area contributed by atoms with Crippen LogP contribution in [0.4, 0.5) is 0 Å². The minimum absolute atomic E-state index is 0.0343. The standard InChI is InChI=1S/C15H27N3S/c1-3-11-6-5-7-12(10-11)18-13(4-2)14(16)15-17-8-9-19-15/h8-9,11-14,18H,3-7,10,16H2,1-2H3. The fourth-order valence-corrected chi connectivity index (χ4v) is 3.87. The molecule has 108 valence electrons. The van der Waals surface area contributed by atoms with E-state index in [0.29, 0.717) is 12.1 Å². The van der Waals surface area contributed by atoms with Crippen LogP contribution in [0.1, 0.15) is 63.4 Å². The first kappa shape index (κ1) is 14.9. The second-order valence-corrected chi connectivity index (χ2v) is 6.64. The molecular weight excluding hydrogens is 254 g/mol. The molecule has 1 aromatic rings. The second kappa shape index (κ2) is 7.36. The Bertz CT molecular complexity index is 352. The third-order valence-electron chi connectivity index (χ3n) is 4.42. The first-order valence-corrected chi connectivity index (χ1v) is 8.53. The van der Waals surface area contributed by atoms with Crippen molar-refractivity contribution in [3.8, 4) is 0 Å². The quantitative estimate of drug-likeness (QED) is 0.839. The number of nitrogens with two attached hydrogens (primary N) is 1. The molecule has 2 rings (SSSR count). The zero-order chi connectivity index (χ0) is 13.7. The lowest BCUT2D eigenvalue weighted by molar-refractivity contribution is 0.248. The SMILES string of the molecule is CCC1CCCC(NC(CC)C(N)c2nccs2)C1. The summed E-state index contributed by atoms with van der Waals surface area (Å²) in [5.74, 6) is 0.903. The maximum absolute atomic E-state index is 6.36. The molecule has 0 saturated heterocycles. The third kappa shape index (κ3) is 4.01. The van der Waals surface area contributed by atoms with Gasteiger partial charge in [-0.3, -0.25) is 0 Å². The number of aromatic nitrogens is 1. The van der Waals surface area contributed by atoms with Crippen LogP contribution in [0.15, 0.2) is 11.6 Å². The molecule has 3 N–H and O–H groups in total. The van der Waals surface area contributed by atoms with Crippen LogP contribution >= 0.6 is 11.3 Å². The van der Waals surface area contributed by atoms with Crippen molar-refractivity contribution in [2.24, 2.45) is 11.7 Å². The van der Waals surface area contributed by atoms with Gasteiger partial charge in [0.2, 0.25) is 0 Å². The Hall–Kier alpha value is -0.450. The van der Waals surface area contributed by atoms with Crippen LogP contribution in [0.25, 0.3) is 0 Å². The van der Waals surface area contributed by atoms with E-state index in [-0.39, 0.29) is 6.04 Å². The maximum Gasteiger partial charge on any atom is 0.111 e. The molecule has 4 atom stereocenters. The molecular formula is C15H27N3S. The highest BCUT2D eigenvalue weighted by Crippen LogP contribution is 2.28. The van der Waals surface area contributed by atoms with Crippen LogP contribution in [0.2, 0.25) is 0 Å². The lowest BCUT2D eigenvalue weighted by Crippen LogP contribution is -2.46. The van der Waals surface area contributed by atoms with Gasteiger partial charge in [-0.15, -0.1) is 11.3 Å². The molecule has 0 radical (unpaired) electrons. The van der Waals surface area contributed by atoms with Crippen LogP contribution in [-0.4, -0.2) is 17.1 Å². The molecule has 0 spiro atoms. The van der Waals surface area contributed by atoms with Crippen LogP contribution < -0.4 is 11.1 Å². The molecule has 1 aliphatic carbocycles. The van der Waals surface area contributed by atoms with E-state index in [0.717, 1.165) is 17.3 Å². The molecule has 0 aliphatic heterocycles. The van der Waals surface area contributed by atoms with Crippen molar-refractivity contribution in [3.63, 3.8) is 0 Å². The number of thiazole rings is 1. The Morgan fingerprint density at radius 2 is 2.32 bits per heavy atom. The number of hydrogen-bond donors (Lipinski definition) is 2. The minimum atomic E-state index is 0.0343. The van der Waals surface area contributed by atoms with E-state index in [1.165, 1.54) is 32.1 Å². The summed E-state index contributed by atoms with van der Waals surface area (Å²) in [4.78, 5) is 4.36. The smallest absolute Gasteiger partial charge is 0.111 e. The van der Waals surface area contributed by atoms with Gasteiger partial charge in [0, 0.05) is 23.7 Å². The van der Waals surface area contributed by atoms with Crippen LogP contribution in [0.3, 0.4) is 0 Å². The van der Waals surface area contributed by atoms with Crippen molar-refractivity contribution < 1.29 is 0 Å². The third-order valence-corrected chi connectivity index (χ3v) is 5.30. The van der Waals surface area contributed by atoms with Crippen LogP contribution in [-0.2, 0) is 0 Å². The Morgan fingerprint density at radius 3 is 2.95 bits per heavy atom. The normalized spacial score (nSPS) is 27.1. The number of rotatable bonds is 6. The highest BCUT2D eigenvalue weighted by atomic mass is 32.1. The molecule has 0 amide bonds. The molecule has 1 aromatic heterocycles. The second-order valence-electron chi connectivity index (χ2n) is 5.72. The van der Waals surface area contributed by atoms with Gasteiger partial charge < -0.3 is 11.1 Å². The van der Waals surface area contributed by atoms with Crippen molar-refractivity contribution in [2.45, 2.75) is 70.5 Å². The largest absolute Gasteiger partial charge is 0.321 e. The number of nitrogens with one attached hydrogen (secondary N) is 1. The highest BCUT2D eigenvalue weighted by molar-refractivity contribution is 7.09. The van der Waals surface area contributed by atoms with Crippen LogP contribution in [0.5, 0.6) is 0 Å². The predicted molar refractivity (Wildman–Crippen MR) is 82.3 cm³/mol. The van der Waals surface area contributed by atoms with Gasteiger partial charge in [-0.25, -0.2) is 4.98 Å². The van der Waals surface area contributed by atoms with Crippen molar-refractivity contribution >= 4 is 11.3 Å². The van der Waals surface area contributed by atoms with Gasteiger partial charge in [0.15, 0.2) is 0 Å². The number of hydrogen-bond acceptors (Lipinski definition) is 4. The average Bonchev–Trinajstić information content (AvgIpc) is 2.98. The van der Waals surface area contributed by atoms with E-state index in [2.05, 4.69) is 24.1 Å². The zero-order valence-electron chi connectivity index (χ0n) is 12.1. The van der Waals surface area contributed by atoms with Gasteiger partial charge in [0.05, 0.1) is 6.04 Å². The van der Waals surface area contributed by atoms with Gasteiger partial charge in [-0.05, 0) is 25.2 Å². The van der Waals surface area contributed by atoms with E-state index in [9.17, 15) is 0 Å². The fraction of sp³-hybridized carbons (Fsp3) is 0.800. The van der Waals surface area contributed by atoms with E-state index >= 15 is 0 Å². The molecule has 1 fully saturated rings. The molecule has 1 saturated carbocycles. The van der Waals surface area contributed by atoms with Gasteiger partial charge in [0.25, 0.3) is 0 Å². The molecule has 0 bridgehead atoms. The summed E-state index contributed by atoms with van der Waals surface area (Å²) < 4.78 is 0. The van der Waals surface area contributed by atoms with E-state index in [1.54, 1.807) is 11.3 Å². The molecule has 4 unspecified atom stereocenters. The van der Waals surface area contributed by atoms with Crippen molar-refractivity contribution in [1.29, 1.82) is 0 Å². The number of nitrogens with zero attached hydrogens (tertiary/aromatic N) is 1. The topological polar surface area (TPSA) is 50.9 Å². The summed E-state index contributed by atoms with van der Waals surface area (Å²) in [6.07, 6.45) is 9.61.